The summed E-state index contributed by atoms with van der Waals surface area (Å²) in [5.41, 5.74) is 0. The molecule has 5 nitrogen and oxygen atoms in total. The highest BCUT2D eigenvalue weighted by atomic mass is 32.2. The zero-order valence-electron chi connectivity index (χ0n) is 8.60. The van der Waals surface area contributed by atoms with E-state index in [1.165, 1.54) is 0 Å². The van der Waals surface area contributed by atoms with Crippen LogP contribution in [0.4, 0.5) is 0 Å². The standard InChI is InChI=1S/C8H14N4OS/c1-11(2)7(13)4-5-14-8-10-9-6-12(8)3/h6H,4-5H2,1-3H3. The van der Waals surface area contributed by atoms with Gasteiger partial charge >= 0.3 is 0 Å². The predicted molar refractivity (Wildman–Crippen MR) is 55.0 cm³/mol. The maximum atomic E-state index is 11.2. The zero-order valence-corrected chi connectivity index (χ0v) is 9.41. The van der Waals surface area contributed by atoms with Crippen molar-refractivity contribution in [1.82, 2.24) is 19.7 Å². The van der Waals surface area contributed by atoms with E-state index in [9.17, 15) is 4.79 Å². The van der Waals surface area contributed by atoms with Gasteiger partial charge in [-0.25, -0.2) is 0 Å². The van der Waals surface area contributed by atoms with Crippen LogP contribution in [0.15, 0.2) is 11.5 Å². The summed E-state index contributed by atoms with van der Waals surface area (Å²) in [6, 6.07) is 0. The lowest BCUT2D eigenvalue weighted by Crippen LogP contribution is -2.21. The third-order valence-electron chi connectivity index (χ3n) is 1.72. The first-order valence-corrected chi connectivity index (χ1v) is 5.26. The molecule has 0 spiro atoms. The monoisotopic (exact) mass is 214 g/mol. The molecule has 6 heteroatoms. The minimum atomic E-state index is 0.139. The fourth-order valence-corrected chi connectivity index (χ4v) is 1.67. The van der Waals surface area contributed by atoms with Crippen LogP contribution in [0.25, 0.3) is 0 Å². The first-order valence-electron chi connectivity index (χ1n) is 4.28. The molecule has 0 aliphatic carbocycles. The van der Waals surface area contributed by atoms with Gasteiger partial charge in [0, 0.05) is 33.3 Å². The Morgan fingerprint density at radius 1 is 1.64 bits per heavy atom. The number of carbonyl (C=O) groups is 1. The van der Waals surface area contributed by atoms with E-state index in [0.29, 0.717) is 6.42 Å². The van der Waals surface area contributed by atoms with E-state index in [1.807, 2.05) is 11.6 Å². The maximum Gasteiger partial charge on any atom is 0.222 e. The lowest BCUT2D eigenvalue weighted by atomic mass is 10.4. The molecular weight excluding hydrogens is 200 g/mol. The van der Waals surface area contributed by atoms with Crippen LogP contribution in [0.3, 0.4) is 0 Å². The van der Waals surface area contributed by atoms with E-state index >= 15 is 0 Å². The van der Waals surface area contributed by atoms with Gasteiger partial charge in [-0.05, 0) is 0 Å². The number of aryl methyl sites for hydroxylation is 1. The Morgan fingerprint density at radius 2 is 2.36 bits per heavy atom. The number of aromatic nitrogens is 3. The summed E-state index contributed by atoms with van der Waals surface area (Å²) in [5.74, 6) is 0.878. The number of hydrogen-bond acceptors (Lipinski definition) is 4. The first-order chi connectivity index (χ1) is 6.61. The van der Waals surface area contributed by atoms with Gasteiger partial charge in [0.05, 0.1) is 0 Å². The van der Waals surface area contributed by atoms with Crippen molar-refractivity contribution in [2.24, 2.45) is 7.05 Å². The molecule has 1 heterocycles. The van der Waals surface area contributed by atoms with Crippen molar-refractivity contribution in [3.05, 3.63) is 6.33 Å². The third kappa shape index (κ3) is 3.02. The molecule has 0 aromatic carbocycles. The van der Waals surface area contributed by atoms with Crippen LogP contribution in [0, 0.1) is 0 Å². The summed E-state index contributed by atoms with van der Waals surface area (Å²) >= 11 is 1.54. The van der Waals surface area contributed by atoms with Gasteiger partial charge in [0.25, 0.3) is 0 Å². The smallest absolute Gasteiger partial charge is 0.222 e. The SMILES string of the molecule is CN(C)C(=O)CCSc1nncn1C. The van der Waals surface area contributed by atoms with Gasteiger partial charge in [0.2, 0.25) is 5.91 Å². The molecule has 0 aliphatic rings. The summed E-state index contributed by atoms with van der Waals surface area (Å²) in [5, 5.41) is 8.50. The van der Waals surface area contributed by atoms with E-state index < -0.39 is 0 Å². The molecule has 0 N–H and O–H groups in total. The Labute approximate surface area is 87.5 Å². The molecule has 0 saturated heterocycles. The third-order valence-corrected chi connectivity index (χ3v) is 2.75. The number of rotatable bonds is 4. The van der Waals surface area contributed by atoms with Gasteiger partial charge in [0.1, 0.15) is 6.33 Å². The largest absolute Gasteiger partial charge is 0.349 e. The van der Waals surface area contributed by atoms with Gasteiger partial charge in [-0.3, -0.25) is 4.79 Å². The second kappa shape index (κ2) is 4.99. The van der Waals surface area contributed by atoms with Crippen LogP contribution in [-0.4, -0.2) is 45.4 Å². The van der Waals surface area contributed by atoms with E-state index in [1.54, 1.807) is 37.1 Å². The lowest BCUT2D eigenvalue weighted by molar-refractivity contribution is -0.128. The molecule has 1 aromatic heterocycles. The number of carbonyl (C=O) groups excluding carboxylic acids is 1. The number of thioether (sulfide) groups is 1. The Balaban J connectivity index is 2.29. The van der Waals surface area contributed by atoms with E-state index in [4.69, 9.17) is 0 Å². The molecule has 0 bridgehead atoms. The Kier molecular flexibility index (Phi) is 3.94. The molecule has 0 saturated carbocycles. The van der Waals surface area contributed by atoms with E-state index in [2.05, 4.69) is 10.2 Å². The Bertz CT molecular complexity index is 310. The molecule has 1 amide bonds. The fraction of sp³-hybridized carbons (Fsp3) is 0.625. The number of hydrogen-bond donors (Lipinski definition) is 0. The van der Waals surface area contributed by atoms with Gasteiger partial charge in [-0.1, -0.05) is 11.8 Å². The summed E-state index contributed by atoms with van der Waals surface area (Å²) in [4.78, 5) is 12.8. The molecule has 1 rings (SSSR count). The molecule has 0 fully saturated rings. The summed E-state index contributed by atoms with van der Waals surface area (Å²) < 4.78 is 1.84. The highest BCUT2D eigenvalue weighted by Crippen LogP contribution is 2.14. The molecule has 0 aliphatic heterocycles. The summed E-state index contributed by atoms with van der Waals surface area (Å²) in [6.45, 7) is 0. The molecule has 78 valence electrons. The van der Waals surface area contributed by atoms with Crippen molar-refractivity contribution in [3.63, 3.8) is 0 Å². The van der Waals surface area contributed by atoms with Gasteiger partial charge in [-0.2, -0.15) is 0 Å². The first kappa shape index (κ1) is 11.0. The predicted octanol–water partition coefficient (Wildman–Crippen LogP) is 0.385. The normalized spacial score (nSPS) is 10.2. The summed E-state index contributed by atoms with van der Waals surface area (Å²) in [6.07, 6.45) is 2.18. The number of nitrogens with zero attached hydrogens (tertiary/aromatic N) is 4. The van der Waals surface area contributed by atoms with Crippen molar-refractivity contribution in [2.75, 3.05) is 19.8 Å². The van der Waals surface area contributed by atoms with Crippen LogP contribution < -0.4 is 0 Å². The summed E-state index contributed by atoms with van der Waals surface area (Å²) in [7, 11) is 5.40. The minimum absolute atomic E-state index is 0.139. The molecule has 0 radical (unpaired) electrons. The van der Waals surface area contributed by atoms with Crippen molar-refractivity contribution in [1.29, 1.82) is 0 Å². The average Bonchev–Trinajstić information content (AvgIpc) is 2.51. The molecular formula is C8H14N4OS. The van der Waals surface area contributed by atoms with Crippen molar-refractivity contribution < 1.29 is 4.79 Å². The van der Waals surface area contributed by atoms with Gasteiger partial charge in [-0.15, -0.1) is 10.2 Å². The number of amides is 1. The van der Waals surface area contributed by atoms with Crippen LogP contribution >= 0.6 is 11.8 Å². The quantitative estimate of drug-likeness (QED) is 0.680. The minimum Gasteiger partial charge on any atom is -0.349 e. The van der Waals surface area contributed by atoms with E-state index in [0.717, 1.165) is 10.9 Å². The van der Waals surface area contributed by atoms with Crippen LogP contribution in [0.5, 0.6) is 0 Å². The maximum absolute atomic E-state index is 11.2. The Hall–Kier alpha value is -1.04. The van der Waals surface area contributed by atoms with E-state index in [-0.39, 0.29) is 5.91 Å². The highest BCUT2D eigenvalue weighted by molar-refractivity contribution is 7.99. The molecule has 0 atom stereocenters. The van der Waals surface area contributed by atoms with Crippen LogP contribution in [0.2, 0.25) is 0 Å². The molecule has 1 aromatic rings. The molecule has 14 heavy (non-hydrogen) atoms. The Morgan fingerprint density at radius 3 is 2.86 bits per heavy atom. The van der Waals surface area contributed by atoms with Crippen molar-refractivity contribution in [2.45, 2.75) is 11.6 Å². The molecule has 0 unspecified atom stereocenters. The van der Waals surface area contributed by atoms with Gasteiger partial charge < -0.3 is 9.47 Å². The fourth-order valence-electron chi connectivity index (χ4n) is 0.857. The van der Waals surface area contributed by atoms with Crippen molar-refractivity contribution >= 4 is 17.7 Å². The van der Waals surface area contributed by atoms with Crippen LogP contribution in [-0.2, 0) is 11.8 Å². The van der Waals surface area contributed by atoms with Gasteiger partial charge in [0.15, 0.2) is 5.16 Å². The second-order valence-corrected chi connectivity index (χ2v) is 4.17. The topological polar surface area (TPSA) is 51.0 Å². The second-order valence-electron chi connectivity index (χ2n) is 3.11. The highest BCUT2D eigenvalue weighted by Gasteiger charge is 2.06. The average molecular weight is 214 g/mol. The zero-order chi connectivity index (χ0) is 10.6. The van der Waals surface area contributed by atoms with Crippen LogP contribution in [0.1, 0.15) is 6.42 Å². The van der Waals surface area contributed by atoms with Crippen molar-refractivity contribution in [3.8, 4) is 0 Å². The lowest BCUT2D eigenvalue weighted by Gasteiger charge is -2.08.